The quantitative estimate of drug-likeness (QED) is 0.720. The minimum atomic E-state index is 0.0485. The SMILES string of the molecule is CC(C)C(=O)NCCNCc1cncn1C(C)C. The fourth-order valence-electron chi connectivity index (χ4n) is 1.63. The zero-order valence-corrected chi connectivity index (χ0v) is 11.7. The first kappa shape index (κ1) is 14.7. The Morgan fingerprint density at radius 1 is 1.33 bits per heavy atom. The smallest absolute Gasteiger partial charge is 0.222 e. The average molecular weight is 252 g/mol. The van der Waals surface area contributed by atoms with Crippen molar-refractivity contribution in [3.63, 3.8) is 0 Å². The Morgan fingerprint density at radius 2 is 2.06 bits per heavy atom. The highest BCUT2D eigenvalue weighted by molar-refractivity contribution is 5.77. The first-order chi connectivity index (χ1) is 8.52. The van der Waals surface area contributed by atoms with Gasteiger partial charge in [-0.1, -0.05) is 13.8 Å². The van der Waals surface area contributed by atoms with Gasteiger partial charge in [-0.05, 0) is 13.8 Å². The van der Waals surface area contributed by atoms with E-state index in [4.69, 9.17) is 0 Å². The van der Waals surface area contributed by atoms with Crippen molar-refractivity contribution in [2.45, 2.75) is 40.3 Å². The second kappa shape index (κ2) is 7.16. The molecule has 1 amide bonds. The van der Waals surface area contributed by atoms with E-state index < -0.39 is 0 Å². The van der Waals surface area contributed by atoms with Crippen LogP contribution in [0.2, 0.25) is 0 Å². The number of amides is 1. The molecule has 102 valence electrons. The van der Waals surface area contributed by atoms with Gasteiger partial charge in [0.15, 0.2) is 0 Å². The second-order valence-corrected chi connectivity index (χ2v) is 5.01. The molecule has 1 aromatic heterocycles. The highest BCUT2D eigenvalue weighted by Crippen LogP contribution is 2.07. The van der Waals surface area contributed by atoms with Crippen LogP contribution in [0.1, 0.15) is 39.4 Å². The summed E-state index contributed by atoms with van der Waals surface area (Å²) in [5.74, 6) is 0.149. The molecule has 0 aromatic carbocycles. The lowest BCUT2D eigenvalue weighted by Crippen LogP contribution is -2.34. The number of nitrogens with one attached hydrogen (secondary N) is 2. The van der Waals surface area contributed by atoms with Crippen molar-refractivity contribution in [3.05, 3.63) is 18.2 Å². The predicted octanol–water partition coefficient (Wildman–Crippen LogP) is 1.33. The van der Waals surface area contributed by atoms with Crippen LogP contribution in [0.5, 0.6) is 0 Å². The van der Waals surface area contributed by atoms with Crippen molar-refractivity contribution in [2.75, 3.05) is 13.1 Å². The Hall–Kier alpha value is -1.36. The van der Waals surface area contributed by atoms with Gasteiger partial charge in [0.05, 0.1) is 12.0 Å². The molecule has 0 atom stereocenters. The fraction of sp³-hybridized carbons (Fsp3) is 0.692. The first-order valence-corrected chi connectivity index (χ1v) is 6.51. The van der Waals surface area contributed by atoms with Crippen LogP contribution in [0.25, 0.3) is 0 Å². The zero-order valence-electron chi connectivity index (χ0n) is 11.7. The van der Waals surface area contributed by atoms with Crippen LogP contribution in [-0.2, 0) is 11.3 Å². The van der Waals surface area contributed by atoms with E-state index in [-0.39, 0.29) is 11.8 Å². The number of carbonyl (C=O) groups excluding carboxylic acids is 1. The summed E-state index contributed by atoms with van der Waals surface area (Å²) in [6.07, 6.45) is 3.72. The van der Waals surface area contributed by atoms with Gasteiger partial charge in [0, 0.05) is 37.8 Å². The minimum absolute atomic E-state index is 0.0485. The van der Waals surface area contributed by atoms with E-state index in [0.717, 1.165) is 13.1 Å². The second-order valence-electron chi connectivity index (χ2n) is 5.01. The molecule has 18 heavy (non-hydrogen) atoms. The Bertz CT molecular complexity index is 371. The van der Waals surface area contributed by atoms with E-state index in [0.29, 0.717) is 12.6 Å². The minimum Gasteiger partial charge on any atom is -0.355 e. The predicted molar refractivity (Wildman–Crippen MR) is 72.2 cm³/mol. The Morgan fingerprint density at radius 3 is 2.67 bits per heavy atom. The molecule has 0 aliphatic rings. The molecule has 0 spiro atoms. The van der Waals surface area contributed by atoms with Gasteiger partial charge >= 0.3 is 0 Å². The largest absolute Gasteiger partial charge is 0.355 e. The van der Waals surface area contributed by atoms with Gasteiger partial charge in [-0.3, -0.25) is 4.79 Å². The summed E-state index contributed by atoms with van der Waals surface area (Å²) in [7, 11) is 0. The summed E-state index contributed by atoms with van der Waals surface area (Å²) in [6.45, 7) is 10.3. The molecule has 2 N–H and O–H groups in total. The van der Waals surface area contributed by atoms with Crippen LogP contribution in [0.3, 0.4) is 0 Å². The lowest BCUT2D eigenvalue weighted by Gasteiger charge is -2.12. The molecule has 5 heteroatoms. The standard InChI is InChI=1S/C13H24N4O/c1-10(2)13(18)16-6-5-14-7-12-8-15-9-17(12)11(3)4/h8-11,14H,5-7H2,1-4H3,(H,16,18). The lowest BCUT2D eigenvalue weighted by molar-refractivity contribution is -0.123. The number of imidazole rings is 1. The van der Waals surface area contributed by atoms with E-state index in [2.05, 4.69) is 34.0 Å². The van der Waals surface area contributed by atoms with Crippen molar-refractivity contribution in [1.82, 2.24) is 20.2 Å². The van der Waals surface area contributed by atoms with E-state index in [1.807, 2.05) is 26.4 Å². The molecule has 0 saturated carbocycles. The first-order valence-electron chi connectivity index (χ1n) is 6.51. The fourth-order valence-corrected chi connectivity index (χ4v) is 1.63. The monoisotopic (exact) mass is 252 g/mol. The summed E-state index contributed by atoms with van der Waals surface area (Å²) in [6, 6.07) is 0.421. The number of hydrogen-bond acceptors (Lipinski definition) is 3. The van der Waals surface area contributed by atoms with Gasteiger partial charge in [-0.2, -0.15) is 0 Å². The maximum absolute atomic E-state index is 11.3. The third-order valence-corrected chi connectivity index (χ3v) is 2.73. The Labute approximate surface area is 109 Å². The van der Waals surface area contributed by atoms with Gasteiger partial charge in [-0.15, -0.1) is 0 Å². The molecule has 0 fully saturated rings. The van der Waals surface area contributed by atoms with E-state index in [1.54, 1.807) is 0 Å². The van der Waals surface area contributed by atoms with E-state index in [9.17, 15) is 4.79 Å². The van der Waals surface area contributed by atoms with Gasteiger partial charge in [-0.25, -0.2) is 4.98 Å². The van der Waals surface area contributed by atoms with E-state index >= 15 is 0 Å². The van der Waals surface area contributed by atoms with Crippen molar-refractivity contribution in [2.24, 2.45) is 5.92 Å². The summed E-state index contributed by atoms with van der Waals surface area (Å²) in [5, 5.41) is 6.18. The average Bonchev–Trinajstić information content (AvgIpc) is 2.76. The van der Waals surface area contributed by atoms with Gasteiger partial charge in [0.1, 0.15) is 0 Å². The van der Waals surface area contributed by atoms with Crippen LogP contribution in [-0.4, -0.2) is 28.5 Å². The van der Waals surface area contributed by atoms with Crippen molar-refractivity contribution in [3.8, 4) is 0 Å². The summed E-state index contributed by atoms with van der Waals surface area (Å²) < 4.78 is 2.14. The third-order valence-electron chi connectivity index (χ3n) is 2.73. The zero-order chi connectivity index (χ0) is 13.5. The van der Waals surface area contributed by atoms with Crippen molar-refractivity contribution < 1.29 is 4.79 Å². The molecular weight excluding hydrogens is 228 g/mol. The number of nitrogens with zero attached hydrogens (tertiary/aromatic N) is 2. The molecule has 0 bridgehead atoms. The van der Waals surface area contributed by atoms with Gasteiger partial charge in [0.2, 0.25) is 5.91 Å². The maximum atomic E-state index is 11.3. The third kappa shape index (κ3) is 4.49. The summed E-state index contributed by atoms with van der Waals surface area (Å²) in [4.78, 5) is 15.5. The molecule has 1 heterocycles. The van der Waals surface area contributed by atoms with Crippen LogP contribution in [0, 0.1) is 5.92 Å². The topological polar surface area (TPSA) is 59.0 Å². The molecular formula is C13H24N4O. The molecule has 0 unspecified atom stereocenters. The van der Waals surface area contributed by atoms with Crippen LogP contribution >= 0.6 is 0 Å². The summed E-state index contributed by atoms with van der Waals surface area (Å²) >= 11 is 0. The van der Waals surface area contributed by atoms with Crippen LogP contribution in [0.15, 0.2) is 12.5 Å². The molecule has 0 saturated heterocycles. The molecule has 0 aliphatic heterocycles. The Kier molecular flexibility index (Phi) is 5.85. The number of aromatic nitrogens is 2. The highest BCUT2D eigenvalue weighted by Gasteiger charge is 2.06. The maximum Gasteiger partial charge on any atom is 0.222 e. The van der Waals surface area contributed by atoms with Gasteiger partial charge in [0.25, 0.3) is 0 Å². The number of carbonyl (C=O) groups is 1. The molecule has 0 radical (unpaired) electrons. The normalized spacial score (nSPS) is 11.2. The lowest BCUT2D eigenvalue weighted by atomic mass is 10.2. The summed E-state index contributed by atoms with van der Waals surface area (Å²) in [5.41, 5.74) is 1.17. The van der Waals surface area contributed by atoms with Crippen LogP contribution in [0.4, 0.5) is 0 Å². The van der Waals surface area contributed by atoms with E-state index in [1.165, 1.54) is 5.69 Å². The molecule has 0 aliphatic carbocycles. The van der Waals surface area contributed by atoms with Crippen LogP contribution < -0.4 is 10.6 Å². The molecule has 5 nitrogen and oxygen atoms in total. The highest BCUT2D eigenvalue weighted by atomic mass is 16.1. The number of rotatable bonds is 7. The van der Waals surface area contributed by atoms with Gasteiger partial charge < -0.3 is 15.2 Å². The van der Waals surface area contributed by atoms with Crippen molar-refractivity contribution >= 4 is 5.91 Å². The molecule has 1 aromatic rings. The Balaban J connectivity index is 2.22. The van der Waals surface area contributed by atoms with Crippen molar-refractivity contribution in [1.29, 1.82) is 0 Å². The molecule has 1 rings (SSSR count). The number of hydrogen-bond donors (Lipinski definition) is 2.